The highest BCUT2D eigenvalue weighted by atomic mass is 16.2. The minimum absolute atomic E-state index is 0.0830. The molecule has 0 aromatic carbocycles. The van der Waals surface area contributed by atoms with Crippen LogP contribution in [0.15, 0.2) is 18.3 Å². The molecule has 1 aromatic heterocycles. The third-order valence-corrected chi connectivity index (χ3v) is 4.15. The molecule has 21 heavy (non-hydrogen) atoms. The number of hydrogen-bond donors (Lipinski definition) is 0. The Morgan fingerprint density at radius 3 is 2.52 bits per heavy atom. The number of aromatic nitrogens is 1. The van der Waals surface area contributed by atoms with E-state index >= 15 is 0 Å². The lowest BCUT2D eigenvalue weighted by atomic mass is 10.2. The molecule has 1 amide bonds. The van der Waals surface area contributed by atoms with Crippen LogP contribution in [0.1, 0.15) is 55.9 Å². The molecule has 0 aliphatic carbocycles. The van der Waals surface area contributed by atoms with Gasteiger partial charge in [-0.05, 0) is 31.4 Å². The summed E-state index contributed by atoms with van der Waals surface area (Å²) in [5, 5.41) is 0. The number of pyridine rings is 1. The molecule has 4 heteroatoms. The van der Waals surface area contributed by atoms with Crippen LogP contribution in [0, 0.1) is 0 Å². The van der Waals surface area contributed by atoms with E-state index < -0.39 is 0 Å². The standard InChI is InChI=1S/C17H27N3O/c1-3-4-11-19(2)15-9-10-16(18-14-15)17(21)20-12-7-5-6-8-13-20/h9-10,14H,3-8,11-13H2,1-2H3. The normalized spacial score (nSPS) is 15.6. The second-order valence-corrected chi connectivity index (χ2v) is 5.88. The summed E-state index contributed by atoms with van der Waals surface area (Å²) in [6, 6.07) is 3.87. The molecular weight excluding hydrogens is 262 g/mol. The van der Waals surface area contributed by atoms with Crippen LogP contribution in [-0.4, -0.2) is 42.5 Å². The summed E-state index contributed by atoms with van der Waals surface area (Å²) in [6.07, 6.45) is 8.87. The predicted octanol–water partition coefficient (Wildman–Crippen LogP) is 3.33. The van der Waals surface area contributed by atoms with Gasteiger partial charge < -0.3 is 9.80 Å². The Labute approximate surface area is 128 Å². The molecular formula is C17H27N3O. The van der Waals surface area contributed by atoms with Gasteiger partial charge in [0.05, 0.1) is 11.9 Å². The van der Waals surface area contributed by atoms with Crippen LogP contribution >= 0.6 is 0 Å². The van der Waals surface area contributed by atoms with Gasteiger partial charge >= 0.3 is 0 Å². The molecule has 2 heterocycles. The van der Waals surface area contributed by atoms with E-state index in [4.69, 9.17) is 0 Å². The van der Waals surface area contributed by atoms with Crippen LogP contribution in [0.4, 0.5) is 5.69 Å². The highest BCUT2D eigenvalue weighted by Gasteiger charge is 2.18. The van der Waals surface area contributed by atoms with Gasteiger partial charge in [-0.25, -0.2) is 4.98 Å². The minimum atomic E-state index is 0.0830. The van der Waals surface area contributed by atoms with Crippen LogP contribution in [0.25, 0.3) is 0 Å². The fraction of sp³-hybridized carbons (Fsp3) is 0.647. The van der Waals surface area contributed by atoms with Gasteiger partial charge in [0.1, 0.15) is 5.69 Å². The monoisotopic (exact) mass is 289 g/mol. The molecule has 1 aromatic rings. The van der Waals surface area contributed by atoms with Crippen LogP contribution in [0.5, 0.6) is 0 Å². The van der Waals surface area contributed by atoms with Crippen molar-refractivity contribution >= 4 is 11.6 Å². The van der Waals surface area contributed by atoms with Gasteiger partial charge in [0, 0.05) is 26.7 Å². The largest absolute Gasteiger partial charge is 0.373 e. The van der Waals surface area contributed by atoms with E-state index in [2.05, 4.69) is 23.9 Å². The van der Waals surface area contributed by atoms with Crippen molar-refractivity contribution in [2.45, 2.75) is 45.4 Å². The molecule has 1 fully saturated rings. The van der Waals surface area contributed by atoms with Gasteiger partial charge in [-0.15, -0.1) is 0 Å². The van der Waals surface area contributed by atoms with Crippen LogP contribution < -0.4 is 4.90 Å². The lowest BCUT2D eigenvalue weighted by molar-refractivity contribution is 0.0756. The lowest BCUT2D eigenvalue weighted by Gasteiger charge is -2.21. The van der Waals surface area contributed by atoms with Crippen molar-refractivity contribution < 1.29 is 4.79 Å². The zero-order valence-corrected chi connectivity index (χ0v) is 13.3. The number of unbranched alkanes of at least 4 members (excludes halogenated alkanes) is 1. The molecule has 4 nitrogen and oxygen atoms in total. The van der Waals surface area contributed by atoms with Gasteiger partial charge in [-0.1, -0.05) is 26.2 Å². The van der Waals surface area contributed by atoms with Gasteiger partial charge in [0.2, 0.25) is 0 Å². The van der Waals surface area contributed by atoms with Crippen molar-refractivity contribution in [1.29, 1.82) is 0 Å². The minimum Gasteiger partial charge on any atom is -0.373 e. The number of amides is 1. The molecule has 0 bridgehead atoms. The fourth-order valence-electron chi connectivity index (χ4n) is 2.70. The molecule has 1 saturated heterocycles. The van der Waals surface area contributed by atoms with Gasteiger partial charge in [-0.2, -0.15) is 0 Å². The first-order valence-corrected chi connectivity index (χ1v) is 8.19. The maximum Gasteiger partial charge on any atom is 0.272 e. The van der Waals surface area contributed by atoms with Crippen molar-refractivity contribution in [2.75, 3.05) is 31.6 Å². The Kier molecular flexibility index (Phi) is 6.03. The van der Waals surface area contributed by atoms with Crippen molar-refractivity contribution in [3.63, 3.8) is 0 Å². The second kappa shape index (κ2) is 8.01. The van der Waals surface area contributed by atoms with E-state index in [1.807, 2.05) is 23.2 Å². The van der Waals surface area contributed by atoms with E-state index in [-0.39, 0.29) is 5.91 Å². The third kappa shape index (κ3) is 4.45. The van der Waals surface area contributed by atoms with Crippen LogP contribution in [-0.2, 0) is 0 Å². The van der Waals surface area contributed by atoms with E-state index in [1.165, 1.54) is 25.7 Å². The van der Waals surface area contributed by atoms with E-state index in [9.17, 15) is 4.79 Å². The van der Waals surface area contributed by atoms with Crippen molar-refractivity contribution in [1.82, 2.24) is 9.88 Å². The first-order chi connectivity index (χ1) is 10.2. The zero-order valence-electron chi connectivity index (χ0n) is 13.3. The summed E-state index contributed by atoms with van der Waals surface area (Å²) in [7, 11) is 2.07. The summed E-state index contributed by atoms with van der Waals surface area (Å²) in [5.41, 5.74) is 1.65. The molecule has 2 rings (SSSR count). The molecule has 0 N–H and O–H groups in total. The number of anilines is 1. The lowest BCUT2D eigenvalue weighted by Crippen LogP contribution is -2.32. The van der Waals surface area contributed by atoms with Crippen molar-refractivity contribution in [2.24, 2.45) is 0 Å². The Morgan fingerprint density at radius 2 is 1.95 bits per heavy atom. The Morgan fingerprint density at radius 1 is 1.24 bits per heavy atom. The van der Waals surface area contributed by atoms with Gasteiger partial charge in [0.25, 0.3) is 5.91 Å². The quantitative estimate of drug-likeness (QED) is 0.834. The summed E-state index contributed by atoms with van der Waals surface area (Å²) in [5.74, 6) is 0.0830. The maximum absolute atomic E-state index is 12.5. The molecule has 1 aliphatic rings. The fourth-order valence-corrected chi connectivity index (χ4v) is 2.70. The number of hydrogen-bond acceptors (Lipinski definition) is 3. The second-order valence-electron chi connectivity index (χ2n) is 5.88. The predicted molar refractivity (Wildman–Crippen MR) is 86.8 cm³/mol. The Hall–Kier alpha value is -1.58. The molecule has 0 radical (unpaired) electrons. The number of carbonyl (C=O) groups is 1. The molecule has 0 atom stereocenters. The summed E-state index contributed by atoms with van der Waals surface area (Å²) < 4.78 is 0. The number of carbonyl (C=O) groups excluding carboxylic acids is 1. The number of likely N-dealkylation sites (tertiary alicyclic amines) is 1. The van der Waals surface area contributed by atoms with Gasteiger partial charge in [-0.3, -0.25) is 4.79 Å². The van der Waals surface area contributed by atoms with Crippen molar-refractivity contribution in [3.8, 4) is 0 Å². The molecule has 116 valence electrons. The highest BCUT2D eigenvalue weighted by molar-refractivity contribution is 5.92. The Bertz CT molecular complexity index is 436. The number of rotatable bonds is 5. The topological polar surface area (TPSA) is 36.4 Å². The van der Waals surface area contributed by atoms with E-state index in [1.54, 1.807) is 0 Å². The van der Waals surface area contributed by atoms with Crippen LogP contribution in [0.3, 0.4) is 0 Å². The van der Waals surface area contributed by atoms with Crippen molar-refractivity contribution in [3.05, 3.63) is 24.0 Å². The zero-order chi connectivity index (χ0) is 15.1. The highest BCUT2D eigenvalue weighted by Crippen LogP contribution is 2.15. The third-order valence-electron chi connectivity index (χ3n) is 4.15. The maximum atomic E-state index is 12.5. The summed E-state index contributed by atoms with van der Waals surface area (Å²) >= 11 is 0. The van der Waals surface area contributed by atoms with E-state index in [0.29, 0.717) is 5.69 Å². The van der Waals surface area contributed by atoms with E-state index in [0.717, 1.165) is 38.2 Å². The Balaban J connectivity index is 1.98. The number of nitrogens with zero attached hydrogens (tertiary/aromatic N) is 3. The summed E-state index contributed by atoms with van der Waals surface area (Å²) in [6.45, 7) is 4.96. The molecule has 0 unspecified atom stereocenters. The first kappa shape index (κ1) is 15.8. The molecule has 0 spiro atoms. The molecule has 1 aliphatic heterocycles. The van der Waals surface area contributed by atoms with Gasteiger partial charge in [0.15, 0.2) is 0 Å². The first-order valence-electron chi connectivity index (χ1n) is 8.19. The SMILES string of the molecule is CCCCN(C)c1ccc(C(=O)N2CCCCCC2)nc1. The van der Waals surface area contributed by atoms with Crippen LogP contribution in [0.2, 0.25) is 0 Å². The smallest absolute Gasteiger partial charge is 0.272 e. The molecule has 0 saturated carbocycles. The average molecular weight is 289 g/mol. The summed E-state index contributed by atoms with van der Waals surface area (Å²) in [4.78, 5) is 21.0. The average Bonchev–Trinajstić information content (AvgIpc) is 2.81.